The second-order valence-corrected chi connectivity index (χ2v) is 5.39. The number of hydrogen-bond donors (Lipinski definition) is 0. The summed E-state index contributed by atoms with van der Waals surface area (Å²) < 4.78 is 24.0. The molecule has 1 aromatic heterocycles. The Hall–Kier alpha value is -0.910. The van der Waals surface area contributed by atoms with Gasteiger partial charge in [-0.25, -0.2) is 8.42 Å². The lowest BCUT2D eigenvalue weighted by Crippen LogP contribution is -2.09. The summed E-state index contributed by atoms with van der Waals surface area (Å²) in [5, 5.41) is 7.28. The van der Waals surface area contributed by atoms with Gasteiger partial charge in [0.05, 0.1) is 0 Å². The molecule has 1 fully saturated rings. The topological polar surface area (TPSA) is 64.8 Å². The zero-order valence-electron chi connectivity index (χ0n) is 7.34. The highest BCUT2D eigenvalue weighted by molar-refractivity contribution is 7.90. The van der Waals surface area contributed by atoms with Gasteiger partial charge in [0, 0.05) is 12.8 Å². The first-order valence-electron chi connectivity index (χ1n) is 4.15. The van der Waals surface area contributed by atoms with Crippen LogP contribution < -0.4 is 0 Å². The van der Waals surface area contributed by atoms with Gasteiger partial charge in [0.1, 0.15) is 6.33 Å². The minimum Gasteiger partial charge on any atom is -0.304 e. The van der Waals surface area contributed by atoms with Crippen LogP contribution in [0.1, 0.15) is 12.8 Å². The van der Waals surface area contributed by atoms with Crippen molar-refractivity contribution in [3.63, 3.8) is 0 Å². The Balaban J connectivity index is 2.29. The molecule has 1 aliphatic rings. The van der Waals surface area contributed by atoms with Crippen molar-refractivity contribution in [2.45, 2.75) is 24.5 Å². The summed E-state index contributed by atoms with van der Waals surface area (Å²) in [7, 11) is -3.22. The standard InChI is InChI=1S/C7H11N3O2S/c1-13(11,12)7-9-8-5-10(7)4-6-2-3-6/h5-6H,2-4H2,1H3. The van der Waals surface area contributed by atoms with Gasteiger partial charge in [0.25, 0.3) is 0 Å². The van der Waals surface area contributed by atoms with Crippen molar-refractivity contribution in [2.75, 3.05) is 6.26 Å². The van der Waals surface area contributed by atoms with E-state index in [0.717, 1.165) is 12.8 Å². The van der Waals surface area contributed by atoms with Crippen LogP contribution in [-0.2, 0) is 16.4 Å². The third-order valence-corrected chi connectivity index (χ3v) is 3.04. The molecule has 1 aliphatic carbocycles. The van der Waals surface area contributed by atoms with E-state index >= 15 is 0 Å². The van der Waals surface area contributed by atoms with E-state index in [1.807, 2.05) is 0 Å². The fourth-order valence-electron chi connectivity index (χ4n) is 1.24. The van der Waals surface area contributed by atoms with Crippen molar-refractivity contribution in [3.05, 3.63) is 6.33 Å². The second kappa shape index (κ2) is 2.80. The van der Waals surface area contributed by atoms with Crippen LogP contribution in [0.3, 0.4) is 0 Å². The molecule has 6 heteroatoms. The molecular weight excluding hydrogens is 190 g/mol. The molecule has 5 nitrogen and oxygen atoms in total. The van der Waals surface area contributed by atoms with Crippen molar-refractivity contribution in [1.29, 1.82) is 0 Å². The van der Waals surface area contributed by atoms with Crippen molar-refractivity contribution in [2.24, 2.45) is 5.92 Å². The van der Waals surface area contributed by atoms with Crippen LogP contribution in [-0.4, -0.2) is 29.4 Å². The summed E-state index contributed by atoms with van der Waals surface area (Å²) in [4.78, 5) is 0. The zero-order chi connectivity index (χ0) is 9.47. The van der Waals surface area contributed by atoms with E-state index in [4.69, 9.17) is 0 Å². The lowest BCUT2D eigenvalue weighted by molar-refractivity contribution is 0.544. The van der Waals surface area contributed by atoms with Crippen LogP contribution in [0.2, 0.25) is 0 Å². The van der Waals surface area contributed by atoms with E-state index in [-0.39, 0.29) is 5.16 Å². The van der Waals surface area contributed by atoms with Crippen LogP contribution in [0.25, 0.3) is 0 Å². The number of nitrogens with zero attached hydrogens (tertiary/aromatic N) is 3. The lowest BCUT2D eigenvalue weighted by atomic mass is 10.4. The molecule has 0 saturated heterocycles. The Labute approximate surface area is 76.7 Å². The lowest BCUT2D eigenvalue weighted by Gasteiger charge is -2.02. The van der Waals surface area contributed by atoms with Crippen LogP contribution in [0.4, 0.5) is 0 Å². The summed E-state index contributed by atoms with van der Waals surface area (Å²) in [6.45, 7) is 0.732. The smallest absolute Gasteiger partial charge is 0.249 e. The molecule has 0 unspecified atom stereocenters. The Bertz CT molecular complexity index is 405. The average Bonchev–Trinajstić information content (AvgIpc) is 2.63. The quantitative estimate of drug-likeness (QED) is 0.695. The van der Waals surface area contributed by atoms with Gasteiger partial charge < -0.3 is 4.57 Å². The fourth-order valence-corrected chi connectivity index (χ4v) is 1.98. The molecule has 0 aromatic carbocycles. The van der Waals surface area contributed by atoms with Gasteiger partial charge in [-0.2, -0.15) is 0 Å². The van der Waals surface area contributed by atoms with Crippen molar-refractivity contribution in [1.82, 2.24) is 14.8 Å². The van der Waals surface area contributed by atoms with E-state index in [1.54, 1.807) is 4.57 Å². The summed E-state index contributed by atoms with van der Waals surface area (Å²) in [6, 6.07) is 0. The van der Waals surface area contributed by atoms with Gasteiger partial charge >= 0.3 is 0 Å². The molecule has 1 aromatic rings. The fraction of sp³-hybridized carbons (Fsp3) is 0.714. The number of aromatic nitrogens is 3. The summed E-state index contributed by atoms with van der Waals surface area (Å²) in [5.41, 5.74) is 0. The number of sulfone groups is 1. The molecule has 13 heavy (non-hydrogen) atoms. The van der Waals surface area contributed by atoms with Gasteiger partial charge in [0.15, 0.2) is 0 Å². The summed E-state index contributed by atoms with van der Waals surface area (Å²) >= 11 is 0. The van der Waals surface area contributed by atoms with Crippen LogP contribution in [0.5, 0.6) is 0 Å². The average molecular weight is 201 g/mol. The monoisotopic (exact) mass is 201 g/mol. The molecule has 72 valence electrons. The highest BCUT2D eigenvalue weighted by atomic mass is 32.2. The SMILES string of the molecule is CS(=O)(=O)c1nncn1CC1CC1. The van der Waals surface area contributed by atoms with E-state index in [2.05, 4.69) is 10.2 Å². The number of hydrogen-bond acceptors (Lipinski definition) is 4. The highest BCUT2D eigenvalue weighted by Crippen LogP contribution is 2.31. The zero-order valence-corrected chi connectivity index (χ0v) is 8.16. The first kappa shape index (κ1) is 8.68. The molecule has 0 radical (unpaired) electrons. The Morgan fingerprint density at radius 1 is 1.62 bits per heavy atom. The van der Waals surface area contributed by atoms with Crippen molar-refractivity contribution >= 4 is 9.84 Å². The summed E-state index contributed by atoms with van der Waals surface area (Å²) in [5.74, 6) is 0.622. The minimum absolute atomic E-state index is 0.0828. The maximum Gasteiger partial charge on any atom is 0.249 e. The second-order valence-electron chi connectivity index (χ2n) is 3.48. The van der Waals surface area contributed by atoms with E-state index in [0.29, 0.717) is 5.92 Å². The van der Waals surface area contributed by atoms with Crippen LogP contribution in [0, 0.1) is 5.92 Å². The third-order valence-electron chi connectivity index (χ3n) is 2.06. The Morgan fingerprint density at radius 2 is 2.31 bits per heavy atom. The summed E-state index contributed by atoms with van der Waals surface area (Å²) in [6.07, 6.45) is 5.00. The number of rotatable bonds is 3. The van der Waals surface area contributed by atoms with E-state index in [1.165, 1.54) is 19.2 Å². The van der Waals surface area contributed by atoms with E-state index in [9.17, 15) is 8.42 Å². The molecule has 1 heterocycles. The third kappa shape index (κ3) is 1.88. The first-order chi connectivity index (χ1) is 6.07. The Kier molecular flexibility index (Phi) is 1.87. The van der Waals surface area contributed by atoms with E-state index < -0.39 is 9.84 Å². The van der Waals surface area contributed by atoms with Gasteiger partial charge in [-0.05, 0) is 18.8 Å². The highest BCUT2D eigenvalue weighted by Gasteiger charge is 2.25. The molecule has 0 bridgehead atoms. The first-order valence-corrected chi connectivity index (χ1v) is 6.04. The Morgan fingerprint density at radius 3 is 2.85 bits per heavy atom. The van der Waals surface area contributed by atoms with Crippen LogP contribution >= 0.6 is 0 Å². The molecule has 2 rings (SSSR count). The van der Waals surface area contributed by atoms with Gasteiger partial charge in [-0.15, -0.1) is 10.2 Å². The van der Waals surface area contributed by atoms with Crippen LogP contribution in [0.15, 0.2) is 11.5 Å². The van der Waals surface area contributed by atoms with Gasteiger partial charge in [-0.1, -0.05) is 0 Å². The maximum absolute atomic E-state index is 11.2. The van der Waals surface area contributed by atoms with Gasteiger partial charge in [-0.3, -0.25) is 0 Å². The predicted octanol–water partition coefficient (Wildman–Crippen LogP) is 0.0916. The molecule has 0 atom stereocenters. The maximum atomic E-state index is 11.2. The predicted molar refractivity (Wildman–Crippen MR) is 45.9 cm³/mol. The molecule has 0 N–H and O–H groups in total. The largest absolute Gasteiger partial charge is 0.304 e. The minimum atomic E-state index is -3.22. The molecule has 0 aliphatic heterocycles. The van der Waals surface area contributed by atoms with Crippen molar-refractivity contribution < 1.29 is 8.42 Å². The normalized spacial score (nSPS) is 17.6. The molecule has 1 saturated carbocycles. The molecular formula is C7H11N3O2S. The molecule has 0 spiro atoms. The molecule has 0 amide bonds. The van der Waals surface area contributed by atoms with Crippen molar-refractivity contribution in [3.8, 4) is 0 Å². The van der Waals surface area contributed by atoms with Gasteiger partial charge in [0.2, 0.25) is 15.0 Å².